The first-order valence-electron chi connectivity index (χ1n) is 8.61. The summed E-state index contributed by atoms with van der Waals surface area (Å²) in [5, 5.41) is 14.4. The van der Waals surface area contributed by atoms with Gasteiger partial charge in [0, 0.05) is 17.3 Å². The van der Waals surface area contributed by atoms with Crippen molar-refractivity contribution < 1.29 is 19.2 Å². The molecule has 146 valence electrons. The van der Waals surface area contributed by atoms with Gasteiger partial charge in [-0.2, -0.15) is 0 Å². The molecule has 0 fully saturated rings. The highest BCUT2D eigenvalue weighted by atomic mass is 16.6. The molecule has 0 radical (unpaired) electrons. The van der Waals surface area contributed by atoms with Crippen LogP contribution in [0.15, 0.2) is 78.9 Å². The van der Waals surface area contributed by atoms with Crippen LogP contribution in [0.25, 0.3) is 0 Å². The van der Waals surface area contributed by atoms with E-state index in [-0.39, 0.29) is 16.9 Å². The van der Waals surface area contributed by atoms with Gasteiger partial charge in [0.15, 0.2) is 0 Å². The molecule has 0 aliphatic heterocycles. The summed E-state index contributed by atoms with van der Waals surface area (Å²) < 4.78 is 5.22. The molecule has 8 heteroatoms. The van der Waals surface area contributed by atoms with Gasteiger partial charge in [0.25, 0.3) is 11.6 Å². The van der Waals surface area contributed by atoms with Crippen LogP contribution in [0.2, 0.25) is 0 Å². The van der Waals surface area contributed by atoms with Crippen molar-refractivity contribution in [2.45, 2.75) is 6.10 Å². The average molecular weight is 391 g/mol. The molecule has 0 aromatic heterocycles. The van der Waals surface area contributed by atoms with E-state index < -0.39 is 22.9 Å². The molecule has 3 rings (SSSR count). The van der Waals surface area contributed by atoms with E-state index in [0.29, 0.717) is 11.3 Å². The average Bonchev–Trinajstić information content (AvgIpc) is 2.73. The fourth-order valence-electron chi connectivity index (χ4n) is 2.69. The minimum atomic E-state index is -1.30. The first kappa shape index (κ1) is 19.6. The zero-order chi connectivity index (χ0) is 20.8. The zero-order valence-electron chi connectivity index (χ0n) is 15.1. The van der Waals surface area contributed by atoms with Crippen molar-refractivity contribution in [2.24, 2.45) is 5.73 Å². The number of carbonyl (C=O) groups is 2. The fraction of sp³-hybridized carbons (Fsp3) is 0.0476. The van der Waals surface area contributed by atoms with Crippen LogP contribution in [-0.4, -0.2) is 16.8 Å². The number of esters is 1. The molecule has 0 spiro atoms. The molecule has 1 unspecified atom stereocenters. The van der Waals surface area contributed by atoms with Gasteiger partial charge in [-0.05, 0) is 24.3 Å². The molecular weight excluding hydrogens is 374 g/mol. The van der Waals surface area contributed by atoms with Crippen LogP contribution in [0.3, 0.4) is 0 Å². The second-order valence-electron chi connectivity index (χ2n) is 6.08. The number of nitrogens with two attached hydrogens (primary N) is 1. The third kappa shape index (κ3) is 4.75. The maximum Gasteiger partial charge on any atom is 0.339 e. The van der Waals surface area contributed by atoms with Crippen LogP contribution in [0, 0.1) is 10.1 Å². The van der Waals surface area contributed by atoms with Gasteiger partial charge < -0.3 is 15.8 Å². The summed E-state index contributed by atoms with van der Waals surface area (Å²) in [4.78, 5) is 35.1. The highest BCUT2D eigenvalue weighted by Crippen LogP contribution is 2.29. The van der Waals surface area contributed by atoms with Crippen LogP contribution >= 0.6 is 0 Å². The van der Waals surface area contributed by atoms with E-state index in [1.807, 2.05) is 6.07 Å². The highest BCUT2D eigenvalue weighted by Gasteiger charge is 2.25. The summed E-state index contributed by atoms with van der Waals surface area (Å²) in [6.07, 6.45) is -1.30. The molecule has 3 aromatic carbocycles. The maximum atomic E-state index is 12.5. The molecule has 1 amide bonds. The monoisotopic (exact) mass is 391 g/mol. The Bertz CT molecular complexity index is 1040. The zero-order valence-corrected chi connectivity index (χ0v) is 15.1. The Labute approximate surface area is 166 Å². The number of benzene rings is 3. The van der Waals surface area contributed by atoms with Crippen LogP contribution < -0.4 is 11.1 Å². The lowest BCUT2D eigenvalue weighted by molar-refractivity contribution is -0.383. The molecule has 0 aliphatic carbocycles. The molecule has 29 heavy (non-hydrogen) atoms. The minimum absolute atomic E-state index is 0.0718. The summed E-state index contributed by atoms with van der Waals surface area (Å²) in [5.74, 6) is -1.74. The number of hydrogen-bond donors (Lipinski definition) is 2. The summed E-state index contributed by atoms with van der Waals surface area (Å²) in [6.45, 7) is 0. The molecule has 0 saturated heterocycles. The Morgan fingerprint density at radius 3 is 2.17 bits per heavy atom. The highest BCUT2D eigenvalue weighted by molar-refractivity contribution is 5.94. The number of nitro benzene ring substituents is 1. The SMILES string of the molecule is NC(=O)C(OC(=O)c1ccc(Nc2ccccc2)c([N+](=O)[O-])c1)c1ccccc1. The number of primary amides is 1. The number of nitrogens with zero attached hydrogens (tertiary/aromatic N) is 1. The van der Waals surface area contributed by atoms with Gasteiger partial charge in [0.05, 0.1) is 10.5 Å². The van der Waals surface area contributed by atoms with Gasteiger partial charge in [-0.1, -0.05) is 48.5 Å². The minimum Gasteiger partial charge on any atom is -0.444 e. The number of rotatable bonds is 7. The Balaban J connectivity index is 1.86. The van der Waals surface area contributed by atoms with Gasteiger partial charge in [0.2, 0.25) is 6.10 Å². The van der Waals surface area contributed by atoms with Crippen molar-refractivity contribution in [3.05, 3.63) is 100 Å². The van der Waals surface area contributed by atoms with Crippen molar-refractivity contribution in [3.63, 3.8) is 0 Å². The molecular formula is C21H17N3O5. The predicted octanol–water partition coefficient (Wildman–Crippen LogP) is 3.72. The smallest absolute Gasteiger partial charge is 0.339 e. The summed E-state index contributed by atoms with van der Waals surface area (Å²) in [7, 11) is 0. The molecule has 0 heterocycles. The van der Waals surface area contributed by atoms with Gasteiger partial charge in [-0.3, -0.25) is 14.9 Å². The van der Waals surface area contributed by atoms with Gasteiger partial charge >= 0.3 is 5.97 Å². The van der Waals surface area contributed by atoms with Crippen LogP contribution in [0.5, 0.6) is 0 Å². The number of hydrogen-bond acceptors (Lipinski definition) is 6. The van der Waals surface area contributed by atoms with E-state index in [0.717, 1.165) is 6.07 Å². The molecule has 3 N–H and O–H groups in total. The van der Waals surface area contributed by atoms with Crippen molar-refractivity contribution in [2.75, 3.05) is 5.32 Å². The van der Waals surface area contributed by atoms with Crippen molar-refractivity contribution in [1.29, 1.82) is 0 Å². The van der Waals surface area contributed by atoms with Crippen LogP contribution in [-0.2, 0) is 9.53 Å². The maximum absolute atomic E-state index is 12.5. The number of carbonyl (C=O) groups excluding carboxylic acids is 2. The lowest BCUT2D eigenvalue weighted by Gasteiger charge is -2.15. The normalized spacial score (nSPS) is 11.3. The van der Waals surface area contributed by atoms with E-state index in [2.05, 4.69) is 5.32 Å². The van der Waals surface area contributed by atoms with Crippen molar-refractivity contribution >= 4 is 28.9 Å². The second kappa shape index (κ2) is 8.66. The van der Waals surface area contributed by atoms with Crippen LogP contribution in [0.1, 0.15) is 22.0 Å². The molecule has 8 nitrogen and oxygen atoms in total. The topological polar surface area (TPSA) is 125 Å². The fourth-order valence-corrected chi connectivity index (χ4v) is 2.69. The third-order valence-electron chi connectivity index (χ3n) is 4.07. The first-order chi connectivity index (χ1) is 14.0. The number of anilines is 2. The van der Waals surface area contributed by atoms with E-state index in [1.165, 1.54) is 12.1 Å². The van der Waals surface area contributed by atoms with E-state index in [4.69, 9.17) is 10.5 Å². The molecule has 3 aromatic rings. The quantitative estimate of drug-likeness (QED) is 0.359. The second-order valence-corrected chi connectivity index (χ2v) is 6.08. The summed E-state index contributed by atoms with van der Waals surface area (Å²) >= 11 is 0. The van der Waals surface area contributed by atoms with Crippen LogP contribution in [0.4, 0.5) is 17.1 Å². The van der Waals surface area contributed by atoms with Gasteiger partial charge in [-0.15, -0.1) is 0 Å². The molecule has 0 saturated carbocycles. The van der Waals surface area contributed by atoms with Crippen molar-refractivity contribution in [3.8, 4) is 0 Å². The number of nitrogens with one attached hydrogen (secondary N) is 1. The number of amides is 1. The molecule has 0 bridgehead atoms. The number of para-hydroxylation sites is 1. The van der Waals surface area contributed by atoms with E-state index in [9.17, 15) is 19.7 Å². The lowest BCUT2D eigenvalue weighted by Crippen LogP contribution is -2.26. The lowest BCUT2D eigenvalue weighted by atomic mass is 10.1. The summed E-state index contributed by atoms with van der Waals surface area (Å²) in [5.41, 5.74) is 6.25. The molecule has 0 aliphatic rings. The van der Waals surface area contributed by atoms with E-state index in [1.54, 1.807) is 54.6 Å². The summed E-state index contributed by atoms with van der Waals surface area (Å²) in [6, 6.07) is 21.1. The Morgan fingerprint density at radius 2 is 1.59 bits per heavy atom. The number of ether oxygens (including phenoxy) is 1. The standard InChI is InChI=1S/C21H17N3O5/c22-20(25)19(14-7-3-1-4-8-14)29-21(26)15-11-12-17(18(13-15)24(27)28)23-16-9-5-2-6-10-16/h1-13,19,23H,(H2,22,25). The Hall–Kier alpha value is -4.20. The van der Waals surface area contributed by atoms with Gasteiger partial charge in [-0.25, -0.2) is 4.79 Å². The van der Waals surface area contributed by atoms with Crippen molar-refractivity contribution in [1.82, 2.24) is 0 Å². The largest absolute Gasteiger partial charge is 0.444 e. The third-order valence-corrected chi connectivity index (χ3v) is 4.07. The van der Waals surface area contributed by atoms with E-state index >= 15 is 0 Å². The predicted molar refractivity (Wildman–Crippen MR) is 107 cm³/mol. The first-order valence-corrected chi connectivity index (χ1v) is 8.61. The number of nitro groups is 1. The Kier molecular flexibility index (Phi) is 5.84. The Morgan fingerprint density at radius 1 is 0.966 bits per heavy atom. The van der Waals surface area contributed by atoms with Gasteiger partial charge in [0.1, 0.15) is 5.69 Å². The molecule has 1 atom stereocenters.